The van der Waals surface area contributed by atoms with Crippen molar-refractivity contribution in [3.63, 3.8) is 0 Å². The van der Waals surface area contributed by atoms with Crippen LogP contribution in [0.5, 0.6) is 5.88 Å². The van der Waals surface area contributed by atoms with E-state index in [1.54, 1.807) is 4.57 Å². The lowest BCUT2D eigenvalue weighted by Gasteiger charge is -2.14. The van der Waals surface area contributed by atoms with E-state index in [9.17, 15) is 14.7 Å². The summed E-state index contributed by atoms with van der Waals surface area (Å²) in [6, 6.07) is 1.92. The predicted octanol–water partition coefficient (Wildman–Crippen LogP) is 1.13. The summed E-state index contributed by atoms with van der Waals surface area (Å²) in [5.74, 6) is -0.724. The number of fused-ring (bicyclic) bond motifs is 1. The molecule has 0 spiro atoms. The molecule has 1 saturated carbocycles. The molecule has 2 aromatic heterocycles. The first-order valence-corrected chi connectivity index (χ1v) is 9.52. The van der Waals surface area contributed by atoms with Gasteiger partial charge in [0, 0.05) is 25.2 Å². The van der Waals surface area contributed by atoms with E-state index in [4.69, 9.17) is 0 Å². The SMILES string of the molecule is CC(C)Cn1c(=O)c(C(=O)NC2CC2)c(O)n2nc(C3=CCNCC3)cc12. The Balaban J connectivity index is 1.89. The number of nitrogens with one attached hydrogen (secondary N) is 2. The number of carbonyl (C=O) groups is 1. The Hall–Kier alpha value is -2.61. The molecule has 2 aliphatic rings. The van der Waals surface area contributed by atoms with Crippen LogP contribution in [0.15, 0.2) is 16.9 Å². The number of aromatic hydroxyl groups is 1. The number of aromatic nitrogens is 3. The Morgan fingerprint density at radius 1 is 1.44 bits per heavy atom. The van der Waals surface area contributed by atoms with E-state index in [0.29, 0.717) is 12.2 Å². The summed E-state index contributed by atoms with van der Waals surface area (Å²) in [4.78, 5) is 25.6. The lowest BCUT2D eigenvalue weighted by molar-refractivity contribution is 0.0944. The van der Waals surface area contributed by atoms with Crippen LogP contribution < -0.4 is 16.2 Å². The van der Waals surface area contributed by atoms with Gasteiger partial charge in [-0.1, -0.05) is 19.9 Å². The number of carbonyl (C=O) groups excluding carboxylic acids is 1. The average molecular weight is 371 g/mol. The summed E-state index contributed by atoms with van der Waals surface area (Å²) in [5.41, 5.74) is 1.60. The molecule has 2 aromatic rings. The van der Waals surface area contributed by atoms with Crippen molar-refractivity contribution in [3.05, 3.63) is 33.8 Å². The van der Waals surface area contributed by atoms with Crippen LogP contribution in [0, 0.1) is 5.92 Å². The number of hydrogen-bond donors (Lipinski definition) is 3. The fourth-order valence-corrected chi connectivity index (χ4v) is 3.40. The van der Waals surface area contributed by atoms with E-state index >= 15 is 0 Å². The molecule has 144 valence electrons. The summed E-state index contributed by atoms with van der Waals surface area (Å²) in [6.45, 7) is 6.08. The molecule has 1 fully saturated rings. The van der Waals surface area contributed by atoms with Crippen LogP contribution in [-0.4, -0.2) is 44.3 Å². The molecule has 4 rings (SSSR count). The highest BCUT2D eigenvalue weighted by Crippen LogP contribution is 2.25. The van der Waals surface area contributed by atoms with Gasteiger partial charge in [0.05, 0.1) is 5.69 Å². The van der Waals surface area contributed by atoms with Crippen molar-refractivity contribution in [2.45, 2.75) is 45.7 Å². The molecule has 8 heteroatoms. The van der Waals surface area contributed by atoms with Gasteiger partial charge in [0.1, 0.15) is 5.65 Å². The summed E-state index contributed by atoms with van der Waals surface area (Å²) in [5, 5.41) is 21.3. The first-order valence-electron chi connectivity index (χ1n) is 9.52. The molecule has 0 aromatic carbocycles. The van der Waals surface area contributed by atoms with Crippen LogP contribution in [0.2, 0.25) is 0 Å². The van der Waals surface area contributed by atoms with Crippen LogP contribution in [-0.2, 0) is 6.54 Å². The molecule has 3 heterocycles. The first-order chi connectivity index (χ1) is 13.0. The Labute approximate surface area is 156 Å². The minimum atomic E-state index is -0.530. The minimum Gasteiger partial charge on any atom is -0.492 e. The summed E-state index contributed by atoms with van der Waals surface area (Å²) < 4.78 is 2.87. The Morgan fingerprint density at radius 3 is 2.85 bits per heavy atom. The Bertz CT molecular complexity index is 981. The number of hydrogen-bond acceptors (Lipinski definition) is 5. The number of amides is 1. The fraction of sp³-hybridized carbons (Fsp3) is 0.526. The van der Waals surface area contributed by atoms with Gasteiger partial charge in [0.2, 0.25) is 5.88 Å². The van der Waals surface area contributed by atoms with Crippen molar-refractivity contribution < 1.29 is 9.90 Å². The van der Waals surface area contributed by atoms with Gasteiger partial charge < -0.3 is 15.7 Å². The lowest BCUT2D eigenvalue weighted by Crippen LogP contribution is -2.36. The van der Waals surface area contributed by atoms with E-state index < -0.39 is 17.3 Å². The van der Waals surface area contributed by atoms with Crippen LogP contribution >= 0.6 is 0 Å². The second-order valence-electron chi connectivity index (χ2n) is 7.74. The quantitative estimate of drug-likeness (QED) is 0.731. The molecule has 8 nitrogen and oxygen atoms in total. The smallest absolute Gasteiger partial charge is 0.270 e. The van der Waals surface area contributed by atoms with E-state index in [0.717, 1.165) is 43.6 Å². The molecular formula is C19H25N5O3. The molecule has 0 unspecified atom stereocenters. The van der Waals surface area contributed by atoms with E-state index in [-0.39, 0.29) is 17.5 Å². The second-order valence-corrected chi connectivity index (χ2v) is 7.74. The van der Waals surface area contributed by atoms with E-state index in [1.165, 1.54) is 4.52 Å². The molecule has 0 saturated heterocycles. The zero-order valence-corrected chi connectivity index (χ0v) is 15.7. The molecule has 27 heavy (non-hydrogen) atoms. The monoisotopic (exact) mass is 371 g/mol. The van der Waals surface area contributed by atoms with Crippen LogP contribution in [0.4, 0.5) is 0 Å². The van der Waals surface area contributed by atoms with Crippen LogP contribution in [0.25, 0.3) is 11.2 Å². The van der Waals surface area contributed by atoms with E-state index in [2.05, 4.69) is 21.8 Å². The number of nitrogens with zero attached hydrogens (tertiary/aromatic N) is 3. The van der Waals surface area contributed by atoms with Gasteiger partial charge in [-0.15, -0.1) is 0 Å². The normalized spacial score (nSPS) is 17.4. The van der Waals surface area contributed by atoms with Gasteiger partial charge in [0.25, 0.3) is 11.5 Å². The molecule has 1 amide bonds. The van der Waals surface area contributed by atoms with Gasteiger partial charge in [0.15, 0.2) is 5.56 Å². The summed E-state index contributed by atoms with van der Waals surface area (Å²) >= 11 is 0. The molecule has 0 radical (unpaired) electrons. The van der Waals surface area contributed by atoms with Gasteiger partial charge in [-0.3, -0.25) is 14.2 Å². The first kappa shape index (κ1) is 17.8. The zero-order chi connectivity index (χ0) is 19.1. The Kier molecular flexibility index (Phi) is 4.51. The maximum Gasteiger partial charge on any atom is 0.270 e. The highest BCUT2D eigenvalue weighted by molar-refractivity contribution is 5.96. The summed E-state index contributed by atoms with van der Waals surface area (Å²) in [7, 11) is 0. The molecule has 1 aliphatic heterocycles. The van der Waals surface area contributed by atoms with Gasteiger partial charge in [-0.05, 0) is 37.3 Å². The third kappa shape index (κ3) is 3.37. The average Bonchev–Trinajstić information content (AvgIpc) is 3.33. The standard InChI is InChI=1S/C19H25N5O3/c1-11(2)10-23-15-9-14(12-5-7-20-8-6-12)22-24(15)19(27)16(18(23)26)17(25)21-13-3-4-13/h5,9,11,13,20,27H,3-4,6-8,10H2,1-2H3,(H,21,25). The zero-order valence-electron chi connectivity index (χ0n) is 15.7. The molecule has 3 N–H and O–H groups in total. The third-order valence-corrected chi connectivity index (χ3v) is 4.93. The van der Waals surface area contributed by atoms with Crippen molar-refractivity contribution >= 4 is 17.1 Å². The third-order valence-electron chi connectivity index (χ3n) is 4.93. The van der Waals surface area contributed by atoms with Crippen molar-refractivity contribution in [2.24, 2.45) is 5.92 Å². The maximum absolute atomic E-state index is 13.0. The van der Waals surface area contributed by atoms with Gasteiger partial charge in [-0.25, -0.2) is 0 Å². The topological polar surface area (TPSA) is 101 Å². The second kappa shape index (κ2) is 6.84. The fourth-order valence-electron chi connectivity index (χ4n) is 3.40. The van der Waals surface area contributed by atoms with Crippen molar-refractivity contribution in [1.82, 2.24) is 24.8 Å². The Morgan fingerprint density at radius 2 is 2.22 bits per heavy atom. The molecule has 0 bridgehead atoms. The highest BCUT2D eigenvalue weighted by atomic mass is 16.3. The minimum absolute atomic E-state index is 0.0959. The highest BCUT2D eigenvalue weighted by Gasteiger charge is 2.29. The van der Waals surface area contributed by atoms with E-state index in [1.807, 2.05) is 19.9 Å². The molecular weight excluding hydrogens is 346 g/mol. The van der Waals surface area contributed by atoms with Gasteiger partial charge >= 0.3 is 0 Å². The largest absolute Gasteiger partial charge is 0.492 e. The lowest BCUT2D eigenvalue weighted by atomic mass is 10.1. The van der Waals surface area contributed by atoms with Crippen LogP contribution in [0.3, 0.4) is 0 Å². The van der Waals surface area contributed by atoms with Crippen molar-refractivity contribution in [3.8, 4) is 5.88 Å². The van der Waals surface area contributed by atoms with Crippen LogP contribution in [0.1, 0.15) is 49.2 Å². The maximum atomic E-state index is 13.0. The van der Waals surface area contributed by atoms with Crippen molar-refractivity contribution in [2.75, 3.05) is 13.1 Å². The number of rotatable bonds is 5. The van der Waals surface area contributed by atoms with Gasteiger partial charge in [-0.2, -0.15) is 9.61 Å². The molecule has 0 atom stereocenters. The van der Waals surface area contributed by atoms with Crippen molar-refractivity contribution in [1.29, 1.82) is 0 Å². The molecule has 1 aliphatic carbocycles. The predicted molar refractivity (Wildman–Crippen MR) is 102 cm³/mol. The summed E-state index contributed by atoms with van der Waals surface area (Å²) in [6.07, 6.45) is 4.70.